The van der Waals surface area contributed by atoms with E-state index in [1.54, 1.807) is 0 Å². The molecule has 30 aromatic rings. The molecule has 6 heterocycles. The molecule has 144 heavy (non-hydrogen) atoms. The average molecular weight is 1830 g/mol. The highest BCUT2D eigenvalue weighted by atomic mass is 15.0. The molecule has 6 aromatic heterocycles. The summed E-state index contributed by atoms with van der Waals surface area (Å²) in [5.74, 6) is 0. The molecule has 0 saturated heterocycles. The molecular weight excluding hydrogens is 1740 g/mol. The third-order valence-corrected chi connectivity index (χ3v) is 29.7. The number of benzene rings is 24. The van der Waals surface area contributed by atoms with Crippen molar-refractivity contribution in [1.29, 1.82) is 0 Å². The summed E-state index contributed by atoms with van der Waals surface area (Å²) in [5.41, 5.74) is 36.3. The number of aromatic nitrogens is 6. The summed E-state index contributed by atoms with van der Waals surface area (Å²) in [6, 6.07) is 198. The normalized spacial score (nSPS) is 11.8. The lowest BCUT2D eigenvalue weighted by atomic mass is 9.97. The summed E-state index contributed by atoms with van der Waals surface area (Å²) in [7, 11) is 0. The highest BCUT2D eigenvalue weighted by Gasteiger charge is 2.28. The van der Waals surface area contributed by atoms with Gasteiger partial charge in [0.15, 0.2) is 0 Å². The first kappa shape index (κ1) is 83.1. The zero-order valence-electron chi connectivity index (χ0n) is 78.6. The van der Waals surface area contributed by atoms with Crippen molar-refractivity contribution in [2.45, 2.75) is 0 Å². The standard InChI is InChI=1S/3C46H30N2/c1-4-14-31(15-5-1)33-24-26-42-39(30-33)46-43(47(42)34-18-8-3-9-19-34)28-29-44-45(46)38-22-12-13-23-40(38)48(44)41-27-25-35(32-16-6-2-7-17-32)36-20-10-11-21-37(36)41;1-4-12-31(13-5-1)33-20-21-35-29-38(24-22-34(35)28-33)48-41-19-11-10-18-39(41)45-43(48)26-27-44-46(45)40-30-36(32-14-6-2-7-15-32)23-25-42(40)47(44)37-16-8-3-9-17-37;1-4-12-31(13-5-1)33-20-21-35-29-38(24-22-34(35)28-33)48-41-19-11-10-18-39(41)45-43(48)27-26-42-46(45)40-25-23-36(32-14-6-2-7-15-32)30-44(40)47(42)37-16-8-3-9-17-37/h3*1-30H. The minimum absolute atomic E-state index is 1.16. The molecule has 0 amide bonds. The van der Waals surface area contributed by atoms with E-state index in [0.717, 1.165) is 22.7 Å². The van der Waals surface area contributed by atoms with Crippen LogP contribution in [0, 0.1) is 0 Å². The number of hydrogen-bond donors (Lipinski definition) is 0. The predicted octanol–water partition coefficient (Wildman–Crippen LogP) is 37.1. The van der Waals surface area contributed by atoms with Crippen LogP contribution in [-0.4, -0.2) is 27.4 Å². The fraction of sp³-hybridized carbons (Fsp3) is 0. The Hall–Kier alpha value is -19.1. The fourth-order valence-electron chi connectivity index (χ4n) is 23.2. The molecule has 6 nitrogen and oxygen atoms in total. The van der Waals surface area contributed by atoms with Gasteiger partial charge in [0.1, 0.15) is 0 Å². The van der Waals surface area contributed by atoms with Gasteiger partial charge in [0.2, 0.25) is 0 Å². The Balaban J connectivity index is 0.000000105. The van der Waals surface area contributed by atoms with Gasteiger partial charge in [-0.2, -0.15) is 0 Å². The maximum Gasteiger partial charge on any atom is 0.0549 e. The molecule has 0 unspecified atom stereocenters. The number of rotatable bonds is 12. The Bertz CT molecular complexity index is 10300. The van der Waals surface area contributed by atoms with Crippen LogP contribution in [0.25, 0.3) is 264 Å². The van der Waals surface area contributed by atoms with Crippen LogP contribution < -0.4 is 0 Å². The summed E-state index contributed by atoms with van der Waals surface area (Å²) in [6.07, 6.45) is 0. The first-order valence-corrected chi connectivity index (χ1v) is 49.6. The van der Waals surface area contributed by atoms with Crippen LogP contribution in [0.15, 0.2) is 546 Å². The van der Waals surface area contributed by atoms with E-state index < -0.39 is 0 Å². The zero-order chi connectivity index (χ0) is 94.8. The Labute approximate surface area is 831 Å². The lowest BCUT2D eigenvalue weighted by molar-refractivity contribution is 1.17. The molecule has 0 aliphatic heterocycles. The number of hydrogen-bond acceptors (Lipinski definition) is 0. The van der Waals surface area contributed by atoms with E-state index in [2.05, 4.69) is 573 Å². The van der Waals surface area contributed by atoms with Crippen LogP contribution in [0.1, 0.15) is 0 Å². The lowest BCUT2D eigenvalue weighted by Gasteiger charge is -2.15. The second-order valence-electron chi connectivity index (χ2n) is 37.7. The van der Waals surface area contributed by atoms with Gasteiger partial charge >= 0.3 is 0 Å². The van der Waals surface area contributed by atoms with Crippen molar-refractivity contribution in [2.24, 2.45) is 0 Å². The molecule has 0 radical (unpaired) electrons. The van der Waals surface area contributed by atoms with Gasteiger partial charge in [0.25, 0.3) is 0 Å². The van der Waals surface area contributed by atoms with Gasteiger partial charge in [0.05, 0.1) is 71.9 Å². The Morgan fingerprint density at radius 3 is 0.729 bits per heavy atom. The van der Waals surface area contributed by atoms with Crippen molar-refractivity contribution < 1.29 is 0 Å². The summed E-state index contributed by atoms with van der Waals surface area (Å²) in [5, 5.41) is 22.7. The van der Waals surface area contributed by atoms with Crippen LogP contribution in [0.2, 0.25) is 0 Å². The zero-order valence-corrected chi connectivity index (χ0v) is 78.6. The molecule has 6 heteroatoms. The van der Waals surface area contributed by atoms with Crippen molar-refractivity contribution in [1.82, 2.24) is 27.4 Å². The van der Waals surface area contributed by atoms with Crippen molar-refractivity contribution in [3.05, 3.63) is 546 Å². The first-order valence-electron chi connectivity index (χ1n) is 49.6. The molecule has 0 spiro atoms. The molecule has 0 aliphatic rings. The van der Waals surface area contributed by atoms with Gasteiger partial charge in [-0.05, 0) is 257 Å². The largest absolute Gasteiger partial charge is 0.309 e. The van der Waals surface area contributed by atoms with Gasteiger partial charge in [-0.1, -0.05) is 382 Å². The highest BCUT2D eigenvalue weighted by molar-refractivity contribution is 6.33. The second kappa shape index (κ2) is 34.5. The molecule has 0 fully saturated rings. The lowest BCUT2D eigenvalue weighted by Crippen LogP contribution is -1.96. The van der Waals surface area contributed by atoms with Gasteiger partial charge < -0.3 is 27.4 Å². The quantitative estimate of drug-likeness (QED) is 0.117. The van der Waals surface area contributed by atoms with E-state index >= 15 is 0 Å². The monoisotopic (exact) mass is 1830 g/mol. The van der Waals surface area contributed by atoms with Crippen LogP contribution >= 0.6 is 0 Å². The maximum atomic E-state index is 2.48. The van der Waals surface area contributed by atoms with Gasteiger partial charge in [-0.15, -0.1) is 0 Å². The van der Waals surface area contributed by atoms with Crippen LogP contribution in [-0.2, 0) is 0 Å². The first-order chi connectivity index (χ1) is 71.5. The fourth-order valence-corrected chi connectivity index (χ4v) is 23.2. The Kier molecular flexibility index (Phi) is 19.9. The molecular formula is C138H90N6. The van der Waals surface area contributed by atoms with E-state index in [9.17, 15) is 0 Å². The second-order valence-corrected chi connectivity index (χ2v) is 37.7. The number of para-hydroxylation sites is 6. The van der Waals surface area contributed by atoms with Gasteiger partial charge in [-0.25, -0.2) is 0 Å². The average Bonchev–Trinajstić information content (AvgIpc) is 1.55. The number of nitrogens with zero attached hydrogens (tertiary/aromatic N) is 6. The van der Waals surface area contributed by atoms with E-state index in [-0.39, 0.29) is 0 Å². The van der Waals surface area contributed by atoms with E-state index in [0.29, 0.717) is 0 Å². The molecule has 672 valence electrons. The summed E-state index contributed by atoms with van der Waals surface area (Å²) in [6.45, 7) is 0. The van der Waals surface area contributed by atoms with E-state index in [1.165, 1.54) is 241 Å². The van der Waals surface area contributed by atoms with Gasteiger partial charge in [-0.3, -0.25) is 0 Å². The van der Waals surface area contributed by atoms with Crippen molar-refractivity contribution in [3.8, 4) is 101 Å². The molecule has 0 N–H and O–H groups in total. The number of fused-ring (bicyclic) bond motifs is 24. The Morgan fingerprint density at radius 2 is 0.347 bits per heavy atom. The topological polar surface area (TPSA) is 29.6 Å². The highest BCUT2D eigenvalue weighted by Crippen LogP contribution is 2.50. The third-order valence-electron chi connectivity index (χ3n) is 29.7. The summed E-state index contributed by atoms with van der Waals surface area (Å²) in [4.78, 5) is 0. The van der Waals surface area contributed by atoms with Gasteiger partial charge in [0, 0.05) is 98.5 Å². The molecule has 0 saturated carbocycles. The van der Waals surface area contributed by atoms with Crippen molar-refractivity contribution >= 4 is 163 Å². The molecule has 24 aromatic carbocycles. The van der Waals surface area contributed by atoms with E-state index in [4.69, 9.17) is 0 Å². The Morgan fingerprint density at radius 1 is 0.104 bits per heavy atom. The maximum absolute atomic E-state index is 2.48. The summed E-state index contributed by atoms with van der Waals surface area (Å²) < 4.78 is 14.7. The van der Waals surface area contributed by atoms with Crippen molar-refractivity contribution in [3.63, 3.8) is 0 Å². The predicted molar refractivity (Wildman–Crippen MR) is 610 cm³/mol. The third kappa shape index (κ3) is 13.8. The molecule has 0 aliphatic carbocycles. The smallest absolute Gasteiger partial charge is 0.0549 e. The van der Waals surface area contributed by atoms with E-state index in [1.807, 2.05) is 0 Å². The van der Waals surface area contributed by atoms with Crippen molar-refractivity contribution in [2.75, 3.05) is 0 Å². The summed E-state index contributed by atoms with van der Waals surface area (Å²) >= 11 is 0. The van der Waals surface area contributed by atoms with Crippen LogP contribution in [0.3, 0.4) is 0 Å². The molecule has 30 rings (SSSR count). The minimum atomic E-state index is 1.16. The van der Waals surface area contributed by atoms with Crippen LogP contribution in [0.4, 0.5) is 0 Å². The van der Waals surface area contributed by atoms with Crippen LogP contribution in [0.5, 0.6) is 0 Å². The molecule has 0 bridgehead atoms. The molecule has 0 atom stereocenters. The SMILES string of the molecule is c1ccc(-c2ccc3c(c2)c2c4c5ccccc5n(-c5ccc(-c6ccccc6)c6ccccc56)c4ccc2n3-c2ccccc2)cc1.c1ccc(-c2ccc3cc(-n4c5ccccc5c5c6c7cc(-c8ccccc8)ccc7n(-c7ccccc7)c6ccc54)ccc3c2)cc1.c1ccc(-c2ccc3cc(-n4c5ccccc5c5c6c7ccc(-c8ccccc8)cc7n(-c7ccccc7)c6ccc54)ccc3c2)cc1. The minimum Gasteiger partial charge on any atom is -0.309 e.